The van der Waals surface area contributed by atoms with Gasteiger partial charge in [0, 0.05) is 71.9 Å². The van der Waals surface area contributed by atoms with Crippen LogP contribution in [-0.2, 0) is 6.54 Å². The van der Waals surface area contributed by atoms with Crippen molar-refractivity contribution >= 4 is 57.9 Å². The molecule has 0 aliphatic rings. The number of benzene rings is 1. The van der Waals surface area contributed by atoms with E-state index in [9.17, 15) is 25.0 Å². The van der Waals surface area contributed by atoms with Crippen LogP contribution in [0.2, 0.25) is 10.0 Å². The number of aryl methyl sites for hydroxylation is 1. The van der Waals surface area contributed by atoms with Crippen LogP contribution in [0.5, 0.6) is 0 Å². The molecule has 16 heteroatoms. The number of nitrogens with zero attached hydrogens (tertiary/aromatic N) is 5. The SMILES string of the molecule is Nc1nc(NCCCn2cc(C(=O)NCCNc3ccc([N+](=O)[O-])cn3)c(-c3ccc(Cl)cc3Cl)c2)ccc1[N+](=O)[O-]. The first kappa shape index (κ1) is 30.0. The van der Waals surface area contributed by atoms with Gasteiger partial charge in [-0.2, -0.15) is 0 Å². The van der Waals surface area contributed by atoms with Gasteiger partial charge in [0.25, 0.3) is 11.6 Å². The highest BCUT2D eigenvalue weighted by atomic mass is 35.5. The van der Waals surface area contributed by atoms with E-state index in [1.165, 1.54) is 24.3 Å². The van der Waals surface area contributed by atoms with E-state index in [-0.39, 0.29) is 29.6 Å². The standard InChI is InChI=1S/C26H25Cl2N9O5/c27-16-2-4-18(21(28)12-16)19-14-35(11-1-8-30-24-7-5-22(37(41)42)25(29)34-24)15-20(19)26(38)32-10-9-31-23-6-3-17(13-33-23)36(39)40/h2-7,12-15H,1,8-11H2,(H,31,33)(H,32,38)(H3,29,30,34). The number of hydrogen-bond acceptors (Lipinski definition) is 10. The van der Waals surface area contributed by atoms with E-state index in [1.54, 1.807) is 24.4 Å². The molecule has 4 rings (SSSR count). The molecule has 0 atom stereocenters. The Morgan fingerprint density at radius 3 is 2.36 bits per heavy atom. The predicted molar refractivity (Wildman–Crippen MR) is 160 cm³/mol. The number of halogens is 2. The molecule has 4 aromatic rings. The molecule has 3 heterocycles. The summed E-state index contributed by atoms with van der Waals surface area (Å²) in [5.74, 6) is 0.360. The van der Waals surface area contributed by atoms with Crippen molar-refractivity contribution < 1.29 is 14.6 Å². The van der Waals surface area contributed by atoms with Gasteiger partial charge in [-0.3, -0.25) is 25.0 Å². The zero-order valence-electron chi connectivity index (χ0n) is 21.9. The van der Waals surface area contributed by atoms with Gasteiger partial charge in [0.05, 0.1) is 15.4 Å². The van der Waals surface area contributed by atoms with Gasteiger partial charge in [-0.15, -0.1) is 0 Å². The molecule has 14 nitrogen and oxygen atoms in total. The predicted octanol–water partition coefficient (Wildman–Crippen LogP) is 4.99. The van der Waals surface area contributed by atoms with Gasteiger partial charge in [-0.05, 0) is 30.7 Å². The number of aromatic nitrogens is 3. The molecule has 218 valence electrons. The highest BCUT2D eigenvalue weighted by Gasteiger charge is 2.18. The van der Waals surface area contributed by atoms with E-state index in [1.807, 2.05) is 10.8 Å². The number of anilines is 3. The Hall–Kier alpha value is -4.95. The third-order valence-electron chi connectivity index (χ3n) is 6.02. The summed E-state index contributed by atoms with van der Waals surface area (Å²) in [7, 11) is 0. The van der Waals surface area contributed by atoms with Crippen molar-refractivity contribution in [2.75, 3.05) is 36.0 Å². The van der Waals surface area contributed by atoms with E-state index < -0.39 is 9.85 Å². The fourth-order valence-corrected chi connectivity index (χ4v) is 4.51. The maximum Gasteiger partial charge on any atom is 0.311 e. The van der Waals surface area contributed by atoms with Crippen LogP contribution in [-0.4, -0.2) is 49.9 Å². The van der Waals surface area contributed by atoms with Gasteiger partial charge in [-0.25, -0.2) is 9.97 Å². The molecule has 5 N–H and O–H groups in total. The molecule has 0 fully saturated rings. The van der Waals surface area contributed by atoms with Crippen molar-refractivity contribution in [2.24, 2.45) is 0 Å². The molecular formula is C26H25Cl2N9O5. The highest BCUT2D eigenvalue weighted by Crippen LogP contribution is 2.33. The van der Waals surface area contributed by atoms with Gasteiger partial charge in [0.2, 0.25) is 5.82 Å². The number of hydrogen-bond donors (Lipinski definition) is 4. The van der Waals surface area contributed by atoms with Crippen molar-refractivity contribution in [1.29, 1.82) is 0 Å². The molecule has 0 saturated carbocycles. The summed E-state index contributed by atoms with van der Waals surface area (Å²) in [5, 5.41) is 31.5. The Balaban J connectivity index is 1.39. The van der Waals surface area contributed by atoms with Gasteiger partial charge in [0.15, 0.2) is 0 Å². The van der Waals surface area contributed by atoms with Gasteiger partial charge in [0.1, 0.15) is 17.8 Å². The molecule has 42 heavy (non-hydrogen) atoms. The average molecular weight is 614 g/mol. The van der Waals surface area contributed by atoms with Gasteiger partial charge in [-0.1, -0.05) is 29.3 Å². The second kappa shape index (κ2) is 13.6. The number of rotatable bonds is 13. The van der Waals surface area contributed by atoms with Crippen LogP contribution >= 0.6 is 23.2 Å². The number of nitrogens with two attached hydrogens (primary N) is 1. The van der Waals surface area contributed by atoms with Crippen LogP contribution in [0.15, 0.2) is 61.1 Å². The van der Waals surface area contributed by atoms with E-state index in [0.29, 0.717) is 64.4 Å². The van der Waals surface area contributed by atoms with Crippen LogP contribution in [0.1, 0.15) is 16.8 Å². The number of carbonyl (C=O) groups excluding carboxylic acids is 1. The first-order valence-electron chi connectivity index (χ1n) is 12.5. The monoisotopic (exact) mass is 613 g/mol. The second-order valence-electron chi connectivity index (χ2n) is 8.93. The molecule has 0 aliphatic heterocycles. The first-order chi connectivity index (χ1) is 20.1. The van der Waals surface area contributed by atoms with Gasteiger partial charge < -0.3 is 26.3 Å². The van der Waals surface area contributed by atoms with Crippen molar-refractivity contribution in [1.82, 2.24) is 19.9 Å². The lowest BCUT2D eigenvalue weighted by atomic mass is 10.0. The van der Waals surface area contributed by atoms with Crippen molar-refractivity contribution in [3.8, 4) is 11.1 Å². The van der Waals surface area contributed by atoms with Crippen molar-refractivity contribution in [3.05, 3.63) is 96.9 Å². The van der Waals surface area contributed by atoms with Gasteiger partial charge >= 0.3 is 5.69 Å². The third-order valence-corrected chi connectivity index (χ3v) is 6.57. The number of amides is 1. The van der Waals surface area contributed by atoms with Crippen LogP contribution in [0.3, 0.4) is 0 Å². The smallest absolute Gasteiger partial charge is 0.311 e. The summed E-state index contributed by atoms with van der Waals surface area (Å²) in [5.41, 5.74) is 6.94. The number of carbonyl (C=O) groups is 1. The fourth-order valence-electron chi connectivity index (χ4n) is 4.00. The summed E-state index contributed by atoms with van der Waals surface area (Å²) in [6, 6.07) is 10.6. The quantitative estimate of drug-likeness (QED) is 0.0904. The number of nitrogens with one attached hydrogen (secondary N) is 3. The van der Waals surface area contributed by atoms with Crippen LogP contribution in [0.4, 0.5) is 28.8 Å². The second-order valence-corrected chi connectivity index (χ2v) is 9.77. The summed E-state index contributed by atoms with van der Waals surface area (Å²) in [4.78, 5) is 41.8. The molecule has 0 aliphatic carbocycles. The topological polar surface area (TPSA) is 196 Å². The Kier molecular flexibility index (Phi) is 9.73. The van der Waals surface area contributed by atoms with Crippen molar-refractivity contribution in [3.63, 3.8) is 0 Å². The number of nitro groups is 2. The number of nitrogen functional groups attached to an aromatic ring is 1. The highest BCUT2D eigenvalue weighted by molar-refractivity contribution is 6.36. The molecule has 1 aromatic carbocycles. The molecule has 0 spiro atoms. The summed E-state index contributed by atoms with van der Waals surface area (Å²) in [6.45, 7) is 1.62. The Morgan fingerprint density at radius 1 is 0.929 bits per heavy atom. The first-order valence-corrected chi connectivity index (χ1v) is 13.3. The maximum absolute atomic E-state index is 13.2. The van der Waals surface area contributed by atoms with Crippen molar-refractivity contribution in [2.45, 2.75) is 13.0 Å². The van der Waals surface area contributed by atoms with E-state index in [2.05, 4.69) is 25.9 Å². The molecule has 0 saturated heterocycles. The third kappa shape index (κ3) is 7.62. The Morgan fingerprint density at radius 2 is 1.69 bits per heavy atom. The summed E-state index contributed by atoms with van der Waals surface area (Å²) < 4.78 is 1.87. The lowest BCUT2D eigenvalue weighted by Crippen LogP contribution is -2.29. The zero-order valence-corrected chi connectivity index (χ0v) is 23.4. The Labute approximate surface area is 249 Å². The minimum Gasteiger partial charge on any atom is -0.378 e. The minimum absolute atomic E-state index is 0.116. The lowest BCUT2D eigenvalue weighted by molar-refractivity contribution is -0.385. The normalized spacial score (nSPS) is 10.7. The molecule has 0 bridgehead atoms. The molecule has 0 radical (unpaired) electrons. The maximum atomic E-state index is 13.2. The summed E-state index contributed by atoms with van der Waals surface area (Å²) >= 11 is 12.5. The Bertz CT molecular complexity index is 1610. The fraction of sp³-hybridized carbons (Fsp3) is 0.192. The average Bonchev–Trinajstić information content (AvgIpc) is 3.37. The largest absolute Gasteiger partial charge is 0.378 e. The molecule has 1 amide bonds. The van der Waals surface area contributed by atoms with Crippen LogP contribution in [0, 0.1) is 20.2 Å². The number of pyridine rings is 2. The molecule has 3 aromatic heterocycles. The van der Waals surface area contributed by atoms with E-state index in [4.69, 9.17) is 28.9 Å². The lowest BCUT2D eigenvalue weighted by Gasteiger charge is -2.09. The van der Waals surface area contributed by atoms with E-state index >= 15 is 0 Å². The van der Waals surface area contributed by atoms with Crippen LogP contribution in [0.25, 0.3) is 11.1 Å². The molecule has 0 unspecified atom stereocenters. The van der Waals surface area contributed by atoms with E-state index in [0.717, 1.165) is 6.20 Å². The zero-order chi connectivity index (χ0) is 30.2. The van der Waals surface area contributed by atoms with Crippen LogP contribution < -0.4 is 21.7 Å². The summed E-state index contributed by atoms with van der Waals surface area (Å²) in [6.07, 6.45) is 5.33. The molecular weight excluding hydrogens is 589 g/mol. The minimum atomic E-state index is -0.594.